The molecule has 7 nitrogen and oxygen atoms in total. The number of hydrogen-bond acceptors (Lipinski definition) is 6. The Balaban J connectivity index is 1.52. The molecule has 5 rings (SSSR count). The van der Waals surface area contributed by atoms with Gasteiger partial charge in [-0.2, -0.15) is 5.26 Å². The molecule has 2 aromatic carbocycles. The number of pyridine rings is 1. The van der Waals surface area contributed by atoms with Crippen molar-refractivity contribution in [1.82, 2.24) is 13.9 Å². The van der Waals surface area contributed by atoms with Crippen LogP contribution in [0, 0.1) is 17.2 Å². The van der Waals surface area contributed by atoms with E-state index in [9.17, 15) is 13.7 Å². The van der Waals surface area contributed by atoms with Crippen LogP contribution < -0.4 is 4.90 Å². The summed E-state index contributed by atoms with van der Waals surface area (Å²) in [5, 5.41) is 10.6. The molecule has 36 heavy (non-hydrogen) atoms. The minimum absolute atomic E-state index is 0.161. The third-order valence-corrected chi connectivity index (χ3v) is 8.86. The summed E-state index contributed by atoms with van der Waals surface area (Å²) in [4.78, 5) is 9.21. The van der Waals surface area contributed by atoms with Crippen LogP contribution in [0.4, 0.5) is 5.69 Å². The van der Waals surface area contributed by atoms with E-state index in [1.807, 2.05) is 13.1 Å². The zero-order chi connectivity index (χ0) is 25.3. The molecule has 0 N–H and O–H groups in total. The molecule has 0 saturated carbocycles. The van der Waals surface area contributed by atoms with Crippen LogP contribution in [-0.4, -0.2) is 48.5 Å². The van der Waals surface area contributed by atoms with Crippen molar-refractivity contribution in [3.63, 3.8) is 0 Å². The molecule has 1 unspecified atom stereocenters. The Kier molecular flexibility index (Phi) is 6.52. The van der Waals surface area contributed by atoms with Gasteiger partial charge < -0.3 is 4.90 Å². The summed E-state index contributed by atoms with van der Waals surface area (Å²) in [6.07, 6.45) is 4.06. The summed E-state index contributed by atoms with van der Waals surface area (Å²) in [6, 6.07) is 23.0. The van der Waals surface area contributed by atoms with Gasteiger partial charge in [0.15, 0.2) is 5.65 Å². The summed E-state index contributed by atoms with van der Waals surface area (Å²) in [7, 11) is -1.81. The van der Waals surface area contributed by atoms with Crippen LogP contribution in [0.25, 0.3) is 11.0 Å². The molecule has 8 heteroatoms. The van der Waals surface area contributed by atoms with E-state index in [0.29, 0.717) is 22.5 Å². The maximum atomic E-state index is 13.4. The lowest BCUT2D eigenvalue weighted by molar-refractivity contribution is 0.159. The summed E-state index contributed by atoms with van der Waals surface area (Å²) in [6.45, 7) is 4.99. The fourth-order valence-electron chi connectivity index (χ4n) is 5.18. The van der Waals surface area contributed by atoms with Gasteiger partial charge in [0.2, 0.25) is 0 Å². The highest BCUT2D eigenvalue weighted by Gasteiger charge is 2.32. The van der Waals surface area contributed by atoms with Crippen molar-refractivity contribution in [1.29, 1.82) is 5.26 Å². The Hall–Kier alpha value is -3.67. The molecule has 1 aliphatic heterocycles. The maximum Gasteiger partial charge on any atom is 0.269 e. The first-order valence-corrected chi connectivity index (χ1v) is 13.5. The van der Waals surface area contributed by atoms with Crippen molar-refractivity contribution in [3.8, 4) is 6.07 Å². The normalized spacial score (nSPS) is 18.7. The third-order valence-electron chi connectivity index (χ3n) is 7.17. The second kappa shape index (κ2) is 9.76. The Bertz CT molecular complexity index is 1510. The second-order valence-corrected chi connectivity index (χ2v) is 11.3. The Labute approximate surface area is 212 Å². The quantitative estimate of drug-likeness (QED) is 0.389. The zero-order valence-corrected chi connectivity index (χ0v) is 21.3. The molecule has 3 heterocycles. The topological polar surface area (TPSA) is 82.2 Å². The SMILES string of the molecule is C[C@@H]1CCN(Cc2ccccc2)CC1N(C)c1c(C#N)cnc2c1ccn2S(=O)(=O)c1ccccc1. The highest BCUT2D eigenvalue weighted by molar-refractivity contribution is 7.90. The first-order valence-electron chi connectivity index (χ1n) is 12.1. The highest BCUT2D eigenvalue weighted by Crippen LogP contribution is 2.35. The van der Waals surface area contributed by atoms with Crippen LogP contribution in [0.5, 0.6) is 0 Å². The molecule has 0 spiro atoms. The molecule has 1 fully saturated rings. The number of nitrogens with zero attached hydrogens (tertiary/aromatic N) is 5. The molecule has 2 aromatic heterocycles. The molecular weight excluding hydrogens is 470 g/mol. The molecule has 0 aliphatic carbocycles. The largest absolute Gasteiger partial charge is 0.368 e. The van der Waals surface area contributed by atoms with Crippen LogP contribution in [-0.2, 0) is 16.6 Å². The van der Waals surface area contributed by atoms with Crippen molar-refractivity contribution in [3.05, 3.63) is 90.3 Å². The Morgan fingerprint density at radius 1 is 1.08 bits per heavy atom. The fourth-order valence-corrected chi connectivity index (χ4v) is 6.50. The van der Waals surface area contributed by atoms with Crippen LogP contribution in [0.15, 0.2) is 84.0 Å². The third kappa shape index (κ3) is 4.36. The Morgan fingerprint density at radius 3 is 2.47 bits per heavy atom. The molecule has 0 bridgehead atoms. The standard InChI is InChI=1S/C28H29N5O2S/c1-21-13-15-32(19-22-9-5-3-6-10-22)20-26(21)31(2)27-23(17-29)18-30-28-25(27)14-16-33(28)36(34,35)24-11-7-4-8-12-24/h3-12,14,16,18,21,26H,13,15,19-20H2,1-2H3/t21-,26?/m1/s1. The number of piperidine rings is 1. The predicted molar refractivity (Wildman–Crippen MR) is 141 cm³/mol. The minimum Gasteiger partial charge on any atom is -0.368 e. The number of likely N-dealkylation sites (N-methyl/N-ethyl adjacent to an activating group) is 1. The van der Waals surface area contributed by atoms with Crippen molar-refractivity contribution >= 4 is 26.7 Å². The van der Waals surface area contributed by atoms with E-state index in [0.717, 1.165) is 31.7 Å². The van der Waals surface area contributed by atoms with Crippen molar-refractivity contribution in [2.75, 3.05) is 25.0 Å². The zero-order valence-electron chi connectivity index (χ0n) is 20.4. The van der Waals surface area contributed by atoms with Crippen molar-refractivity contribution < 1.29 is 8.42 Å². The van der Waals surface area contributed by atoms with Crippen LogP contribution in [0.3, 0.4) is 0 Å². The fraction of sp³-hybridized carbons (Fsp3) is 0.286. The lowest BCUT2D eigenvalue weighted by Gasteiger charge is -2.43. The van der Waals surface area contributed by atoms with E-state index in [1.165, 1.54) is 21.9 Å². The molecule has 1 saturated heterocycles. The molecule has 1 aliphatic rings. The number of rotatable bonds is 6. The lowest BCUT2D eigenvalue weighted by atomic mass is 9.91. The van der Waals surface area contributed by atoms with Gasteiger partial charge in [-0.05, 0) is 42.6 Å². The van der Waals surface area contributed by atoms with Gasteiger partial charge in [-0.1, -0.05) is 55.5 Å². The summed E-state index contributed by atoms with van der Waals surface area (Å²) >= 11 is 0. The van der Waals surface area contributed by atoms with E-state index in [4.69, 9.17) is 0 Å². The van der Waals surface area contributed by atoms with E-state index < -0.39 is 10.0 Å². The van der Waals surface area contributed by atoms with Gasteiger partial charge in [0.1, 0.15) is 6.07 Å². The van der Waals surface area contributed by atoms with Gasteiger partial charge in [-0.3, -0.25) is 4.90 Å². The first-order chi connectivity index (χ1) is 17.4. The van der Waals surface area contributed by atoms with Gasteiger partial charge in [0.25, 0.3) is 10.0 Å². The molecule has 2 atom stereocenters. The van der Waals surface area contributed by atoms with Gasteiger partial charge in [0.05, 0.1) is 16.1 Å². The van der Waals surface area contributed by atoms with Crippen LogP contribution >= 0.6 is 0 Å². The average Bonchev–Trinajstić information content (AvgIpc) is 3.35. The number of likely N-dealkylation sites (tertiary alicyclic amines) is 1. The molecule has 4 aromatic rings. The van der Waals surface area contributed by atoms with E-state index in [-0.39, 0.29) is 10.9 Å². The Morgan fingerprint density at radius 2 is 1.78 bits per heavy atom. The smallest absolute Gasteiger partial charge is 0.269 e. The molecule has 184 valence electrons. The van der Waals surface area contributed by atoms with Crippen molar-refractivity contribution in [2.45, 2.75) is 30.8 Å². The molecule has 0 amide bonds. The molecular formula is C28H29N5O2S. The average molecular weight is 500 g/mol. The van der Waals surface area contributed by atoms with Gasteiger partial charge in [-0.15, -0.1) is 0 Å². The van der Waals surface area contributed by atoms with E-state index in [1.54, 1.807) is 36.4 Å². The first kappa shape index (κ1) is 24.0. The summed E-state index contributed by atoms with van der Waals surface area (Å²) in [5.74, 6) is 0.409. The van der Waals surface area contributed by atoms with Gasteiger partial charge in [0, 0.05) is 44.0 Å². The number of anilines is 1. The highest BCUT2D eigenvalue weighted by atomic mass is 32.2. The number of hydrogen-bond donors (Lipinski definition) is 0. The second-order valence-electron chi connectivity index (χ2n) is 9.46. The summed E-state index contributed by atoms with van der Waals surface area (Å²) < 4.78 is 27.9. The van der Waals surface area contributed by atoms with Gasteiger partial charge >= 0.3 is 0 Å². The van der Waals surface area contributed by atoms with Crippen LogP contribution in [0.1, 0.15) is 24.5 Å². The molecule has 0 radical (unpaired) electrons. The number of aromatic nitrogens is 2. The minimum atomic E-state index is -3.82. The van der Waals surface area contributed by atoms with E-state index in [2.05, 4.69) is 52.0 Å². The lowest BCUT2D eigenvalue weighted by Crippen LogP contribution is -2.50. The number of nitriles is 1. The van der Waals surface area contributed by atoms with Crippen molar-refractivity contribution in [2.24, 2.45) is 5.92 Å². The maximum absolute atomic E-state index is 13.4. The monoisotopic (exact) mass is 499 g/mol. The van der Waals surface area contributed by atoms with Gasteiger partial charge in [-0.25, -0.2) is 17.4 Å². The van der Waals surface area contributed by atoms with Crippen LogP contribution in [0.2, 0.25) is 0 Å². The summed E-state index contributed by atoms with van der Waals surface area (Å²) in [5.41, 5.74) is 2.76. The van der Waals surface area contributed by atoms with E-state index >= 15 is 0 Å². The number of fused-ring (bicyclic) bond motifs is 1. The predicted octanol–water partition coefficient (Wildman–Crippen LogP) is 4.49. The number of benzene rings is 2.